The minimum atomic E-state index is -0.509. The normalized spacial score (nSPS) is 19.1. The van der Waals surface area contributed by atoms with Gasteiger partial charge in [-0.3, -0.25) is 9.59 Å². The van der Waals surface area contributed by atoms with Crippen LogP contribution in [0.5, 0.6) is 0 Å². The number of nitrogens with zero attached hydrogens (tertiary/aromatic N) is 1. The summed E-state index contributed by atoms with van der Waals surface area (Å²) in [6.07, 6.45) is 0.0784. The molecule has 5 nitrogen and oxygen atoms in total. The van der Waals surface area contributed by atoms with Crippen molar-refractivity contribution in [3.63, 3.8) is 0 Å². The third-order valence-corrected chi connectivity index (χ3v) is 3.05. The average molecular weight is 251 g/mol. The number of hydrogen-bond acceptors (Lipinski definition) is 3. The monoisotopic (exact) mass is 251 g/mol. The second-order valence-corrected chi connectivity index (χ2v) is 4.22. The molecule has 2 rings (SSSR count). The van der Waals surface area contributed by atoms with Gasteiger partial charge in [-0.1, -0.05) is 0 Å². The maximum atomic E-state index is 13.3. The molecule has 0 aliphatic carbocycles. The number of amides is 2. The van der Waals surface area contributed by atoms with Crippen molar-refractivity contribution < 1.29 is 14.0 Å². The molecule has 1 aromatic rings. The van der Waals surface area contributed by atoms with Crippen molar-refractivity contribution >= 4 is 23.2 Å². The highest BCUT2D eigenvalue weighted by Crippen LogP contribution is 2.31. The zero-order valence-electron chi connectivity index (χ0n) is 9.94. The van der Waals surface area contributed by atoms with Crippen LogP contribution in [0.1, 0.15) is 6.42 Å². The summed E-state index contributed by atoms with van der Waals surface area (Å²) in [5.41, 5.74) is 6.26. The van der Waals surface area contributed by atoms with Gasteiger partial charge in [0.2, 0.25) is 11.8 Å². The molecule has 1 aromatic carbocycles. The summed E-state index contributed by atoms with van der Waals surface area (Å²) >= 11 is 0. The largest absolute Gasteiger partial charge is 0.386 e. The molecular formula is C12H14FN3O2. The number of benzene rings is 1. The first-order chi connectivity index (χ1) is 8.52. The Morgan fingerprint density at radius 2 is 2.28 bits per heavy atom. The quantitative estimate of drug-likeness (QED) is 0.830. The van der Waals surface area contributed by atoms with E-state index >= 15 is 0 Å². The number of primary amides is 1. The number of rotatable bonds is 3. The van der Waals surface area contributed by atoms with E-state index in [1.165, 1.54) is 17.0 Å². The van der Waals surface area contributed by atoms with Crippen molar-refractivity contribution in [3.8, 4) is 0 Å². The molecule has 0 bridgehead atoms. The van der Waals surface area contributed by atoms with Gasteiger partial charge < -0.3 is 16.0 Å². The van der Waals surface area contributed by atoms with Crippen molar-refractivity contribution in [2.45, 2.75) is 6.42 Å². The van der Waals surface area contributed by atoms with E-state index in [1.54, 1.807) is 13.1 Å². The summed E-state index contributed by atoms with van der Waals surface area (Å²) in [6, 6.07) is 4.13. The van der Waals surface area contributed by atoms with Crippen LogP contribution in [0.15, 0.2) is 18.2 Å². The third kappa shape index (κ3) is 2.13. The first-order valence-corrected chi connectivity index (χ1v) is 5.60. The molecule has 3 N–H and O–H groups in total. The summed E-state index contributed by atoms with van der Waals surface area (Å²) in [5.74, 6) is -1.67. The Hall–Kier alpha value is -2.11. The number of hydrogen-bond donors (Lipinski definition) is 2. The van der Waals surface area contributed by atoms with Crippen LogP contribution < -0.4 is 16.0 Å². The fourth-order valence-corrected chi connectivity index (χ4v) is 2.07. The minimum Gasteiger partial charge on any atom is -0.386 e. The first kappa shape index (κ1) is 12.3. The molecule has 0 saturated carbocycles. The van der Waals surface area contributed by atoms with Gasteiger partial charge in [-0.05, 0) is 18.2 Å². The molecule has 0 spiro atoms. The Bertz CT molecular complexity index is 504. The van der Waals surface area contributed by atoms with Gasteiger partial charge in [0.05, 0.1) is 17.3 Å². The van der Waals surface area contributed by atoms with E-state index in [0.29, 0.717) is 11.4 Å². The van der Waals surface area contributed by atoms with Crippen LogP contribution in [0.4, 0.5) is 15.8 Å². The molecule has 2 amide bonds. The maximum Gasteiger partial charge on any atom is 0.227 e. The zero-order chi connectivity index (χ0) is 13.3. The molecule has 1 saturated heterocycles. The Morgan fingerprint density at radius 1 is 1.56 bits per heavy atom. The summed E-state index contributed by atoms with van der Waals surface area (Å²) in [7, 11) is 1.68. The fraction of sp³-hybridized carbons (Fsp3) is 0.333. The van der Waals surface area contributed by atoms with Gasteiger partial charge in [-0.25, -0.2) is 4.39 Å². The third-order valence-electron chi connectivity index (χ3n) is 3.05. The highest BCUT2D eigenvalue weighted by molar-refractivity contribution is 6.02. The van der Waals surface area contributed by atoms with E-state index in [1.807, 2.05) is 0 Å². The smallest absolute Gasteiger partial charge is 0.227 e. The lowest BCUT2D eigenvalue weighted by Gasteiger charge is -2.20. The predicted octanol–water partition coefficient (Wildman–Crippen LogP) is 0.706. The molecule has 1 fully saturated rings. The van der Waals surface area contributed by atoms with Crippen molar-refractivity contribution in [2.24, 2.45) is 11.7 Å². The van der Waals surface area contributed by atoms with E-state index < -0.39 is 17.6 Å². The number of halogens is 1. The molecule has 1 aliphatic rings. The average Bonchev–Trinajstić information content (AvgIpc) is 2.71. The van der Waals surface area contributed by atoms with Crippen LogP contribution in [0.2, 0.25) is 0 Å². The summed E-state index contributed by atoms with van der Waals surface area (Å²) in [4.78, 5) is 24.3. The lowest BCUT2D eigenvalue weighted by Crippen LogP contribution is -2.28. The fourth-order valence-electron chi connectivity index (χ4n) is 2.07. The SMILES string of the molecule is CNc1ccc(F)cc1N1CC(C(N)=O)CC1=O. The highest BCUT2D eigenvalue weighted by Gasteiger charge is 2.34. The molecule has 1 atom stereocenters. The highest BCUT2D eigenvalue weighted by atomic mass is 19.1. The van der Waals surface area contributed by atoms with Gasteiger partial charge in [0.25, 0.3) is 0 Å². The molecule has 0 aromatic heterocycles. The van der Waals surface area contributed by atoms with E-state index in [0.717, 1.165) is 0 Å². The second-order valence-electron chi connectivity index (χ2n) is 4.22. The number of nitrogens with one attached hydrogen (secondary N) is 1. The summed E-state index contributed by atoms with van der Waals surface area (Å²) in [6.45, 7) is 0.201. The Balaban J connectivity index is 2.34. The van der Waals surface area contributed by atoms with Crippen LogP contribution in [0.3, 0.4) is 0 Å². The van der Waals surface area contributed by atoms with Crippen LogP contribution in [0, 0.1) is 11.7 Å². The Kier molecular flexibility index (Phi) is 3.18. The van der Waals surface area contributed by atoms with E-state index in [2.05, 4.69) is 5.32 Å². The minimum absolute atomic E-state index is 0.0784. The second kappa shape index (κ2) is 4.64. The van der Waals surface area contributed by atoms with Gasteiger partial charge in [-0.2, -0.15) is 0 Å². The van der Waals surface area contributed by atoms with Gasteiger partial charge in [0, 0.05) is 20.0 Å². The molecule has 6 heteroatoms. The van der Waals surface area contributed by atoms with Gasteiger partial charge in [-0.15, -0.1) is 0 Å². The standard InChI is InChI=1S/C12H14FN3O2/c1-15-9-3-2-8(13)5-10(9)16-6-7(12(14)18)4-11(16)17/h2-3,5,7,15H,4,6H2,1H3,(H2,14,18). The van der Waals surface area contributed by atoms with E-state index in [9.17, 15) is 14.0 Å². The zero-order valence-corrected chi connectivity index (χ0v) is 9.94. The van der Waals surface area contributed by atoms with Gasteiger partial charge in [0.1, 0.15) is 5.82 Å². The number of nitrogens with two attached hydrogens (primary N) is 1. The maximum absolute atomic E-state index is 13.3. The van der Waals surface area contributed by atoms with Crippen molar-refractivity contribution in [3.05, 3.63) is 24.0 Å². The Labute approximate surface area is 104 Å². The molecule has 1 unspecified atom stereocenters. The van der Waals surface area contributed by atoms with Crippen molar-refractivity contribution in [2.75, 3.05) is 23.8 Å². The van der Waals surface area contributed by atoms with Gasteiger partial charge in [0.15, 0.2) is 0 Å². The van der Waals surface area contributed by atoms with Crippen LogP contribution in [0.25, 0.3) is 0 Å². The summed E-state index contributed by atoms with van der Waals surface area (Å²) < 4.78 is 13.3. The number of anilines is 2. The summed E-state index contributed by atoms with van der Waals surface area (Å²) in [5, 5.41) is 2.89. The van der Waals surface area contributed by atoms with Crippen molar-refractivity contribution in [1.82, 2.24) is 0 Å². The molecular weight excluding hydrogens is 237 g/mol. The van der Waals surface area contributed by atoms with Crippen LogP contribution >= 0.6 is 0 Å². The van der Waals surface area contributed by atoms with Crippen LogP contribution in [-0.4, -0.2) is 25.4 Å². The van der Waals surface area contributed by atoms with Crippen molar-refractivity contribution in [1.29, 1.82) is 0 Å². The molecule has 18 heavy (non-hydrogen) atoms. The molecule has 1 aliphatic heterocycles. The predicted molar refractivity (Wildman–Crippen MR) is 65.6 cm³/mol. The van der Waals surface area contributed by atoms with E-state index in [-0.39, 0.29) is 18.9 Å². The topological polar surface area (TPSA) is 75.4 Å². The molecule has 96 valence electrons. The van der Waals surface area contributed by atoms with E-state index in [4.69, 9.17) is 5.73 Å². The van der Waals surface area contributed by atoms with Crippen LogP contribution in [-0.2, 0) is 9.59 Å². The lowest BCUT2D eigenvalue weighted by molar-refractivity contribution is -0.123. The number of carbonyl (C=O) groups is 2. The number of carbonyl (C=O) groups excluding carboxylic acids is 2. The molecule has 1 heterocycles. The van der Waals surface area contributed by atoms with Gasteiger partial charge >= 0.3 is 0 Å². The lowest BCUT2D eigenvalue weighted by atomic mass is 10.1. The Morgan fingerprint density at radius 3 is 2.83 bits per heavy atom. The molecule has 0 radical (unpaired) electrons. The first-order valence-electron chi connectivity index (χ1n) is 5.60.